The van der Waals surface area contributed by atoms with Gasteiger partial charge in [0, 0.05) is 19.3 Å². The first-order chi connectivity index (χ1) is 12.7. The van der Waals surface area contributed by atoms with Crippen LogP contribution in [0, 0.1) is 6.92 Å². The van der Waals surface area contributed by atoms with Gasteiger partial charge in [0.1, 0.15) is 12.4 Å². The van der Waals surface area contributed by atoms with Crippen LogP contribution < -0.4 is 10.1 Å². The number of hydrogen-bond donors (Lipinski definition) is 1. The van der Waals surface area contributed by atoms with Crippen molar-refractivity contribution in [3.63, 3.8) is 0 Å². The number of hydrogen-bond acceptors (Lipinski definition) is 4. The lowest BCUT2D eigenvalue weighted by molar-refractivity contribution is 0.0681. The summed E-state index contributed by atoms with van der Waals surface area (Å²) in [5.41, 5.74) is 3.28. The average molecular weight is 355 g/mol. The van der Waals surface area contributed by atoms with Gasteiger partial charge in [0.05, 0.1) is 18.4 Å². The van der Waals surface area contributed by atoms with Crippen molar-refractivity contribution in [2.24, 2.45) is 0 Å². The second-order valence-corrected chi connectivity index (χ2v) is 6.53. The molecule has 0 bridgehead atoms. The second kappa shape index (κ2) is 8.83. The molecular formula is C21H25NO4. The van der Waals surface area contributed by atoms with Crippen LogP contribution in [-0.2, 0) is 16.1 Å². The molecule has 0 spiro atoms. The number of anilines is 1. The van der Waals surface area contributed by atoms with E-state index < -0.39 is 0 Å². The highest BCUT2D eigenvalue weighted by Crippen LogP contribution is 2.27. The minimum atomic E-state index is -0.172. The minimum Gasteiger partial charge on any atom is -0.489 e. The zero-order valence-electron chi connectivity index (χ0n) is 15.3. The Labute approximate surface area is 154 Å². The number of amides is 1. The van der Waals surface area contributed by atoms with Crippen molar-refractivity contribution in [3.05, 3.63) is 59.2 Å². The van der Waals surface area contributed by atoms with E-state index in [1.807, 2.05) is 43.3 Å². The Kier molecular flexibility index (Phi) is 6.26. The van der Waals surface area contributed by atoms with Crippen LogP contribution in [0.5, 0.6) is 5.75 Å². The lowest BCUT2D eigenvalue weighted by Gasteiger charge is -2.16. The van der Waals surface area contributed by atoms with E-state index in [4.69, 9.17) is 14.2 Å². The molecule has 0 saturated carbocycles. The summed E-state index contributed by atoms with van der Waals surface area (Å²) in [6, 6.07) is 13.2. The fourth-order valence-corrected chi connectivity index (χ4v) is 2.97. The van der Waals surface area contributed by atoms with Gasteiger partial charge in [-0.3, -0.25) is 4.79 Å². The van der Waals surface area contributed by atoms with E-state index in [-0.39, 0.29) is 12.0 Å². The highest BCUT2D eigenvalue weighted by atomic mass is 16.5. The van der Waals surface area contributed by atoms with Gasteiger partial charge in [-0.25, -0.2) is 0 Å². The van der Waals surface area contributed by atoms with Crippen LogP contribution in [0.15, 0.2) is 42.5 Å². The Morgan fingerprint density at radius 1 is 1.27 bits per heavy atom. The van der Waals surface area contributed by atoms with E-state index in [0.29, 0.717) is 30.2 Å². The molecule has 1 aliphatic rings. The summed E-state index contributed by atoms with van der Waals surface area (Å²) in [5.74, 6) is 0.496. The van der Waals surface area contributed by atoms with Crippen LogP contribution in [0.4, 0.5) is 5.69 Å². The number of aryl methyl sites for hydroxylation is 1. The van der Waals surface area contributed by atoms with Crippen LogP contribution >= 0.6 is 0 Å². The van der Waals surface area contributed by atoms with Gasteiger partial charge in [-0.2, -0.15) is 0 Å². The summed E-state index contributed by atoms with van der Waals surface area (Å²) < 4.78 is 16.7. The SMILES string of the molecule is COCc1cccc(C(=O)Nc2ccc(C)cc2OC[C@@H]2CCCO2)c1. The first-order valence-corrected chi connectivity index (χ1v) is 8.90. The maximum atomic E-state index is 12.6. The zero-order valence-corrected chi connectivity index (χ0v) is 15.3. The molecule has 1 fully saturated rings. The lowest BCUT2D eigenvalue weighted by Crippen LogP contribution is -2.18. The molecule has 3 rings (SSSR count). The summed E-state index contributed by atoms with van der Waals surface area (Å²) >= 11 is 0. The minimum absolute atomic E-state index is 0.129. The maximum absolute atomic E-state index is 12.6. The van der Waals surface area contributed by atoms with Crippen LogP contribution in [0.25, 0.3) is 0 Å². The number of carbonyl (C=O) groups excluding carboxylic acids is 1. The van der Waals surface area contributed by atoms with E-state index in [0.717, 1.165) is 30.6 Å². The smallest absolute Gasteiger partial charge is 0.255 e. The van der Waals surface area contributed by atoms with E-state index in [2.05, 4.69) is 5.32 Å². The average Bonchev–Trinajstić information content (AvgIpc) is 3.16. The third-order valence-electron chi connectivity index (χ3n) is 4.33. The predicted molar refractivity (Wildman–Crippen MR) is 101 cm³/mol. The van der Waals surface area contributed by atoms with Crippen LogP contribution in [-0.4, -0.2) is 32.3 Å². The number of rotatable bonds is 7. The third-order valence-corrected chi connectivity index (χ3v) is 4.33. The first kappa shape index (κ1) is 18.4. The number of benzene rings is 2. The standard InChI is InChI=1S/C21H25NO4/c1-15-8-9-19(20(11-15)26-14-18-7-4-10-25-18)22-21(23)17-6-3-5-16(12-17)13-24-2/h3,5-6,8-9,11-12,18H,4,7,10,13-14H2,1-2H3,(H,22,23)/t18-/m0/s1. The molecule has 2 aromatic carbocycles. The summed E-state index contributed by atoms with van der Waals surface area (Å²) in [5, 5.41) is 2.95. The Balaban J connectivity index is 1.71. The third kappa shape index (κ3) is 4.84. The van der Waals surface area contributed by atoms with Gasteiger partial charge in [-0.05, 0) is 55.2 Å². The van der Waals surface area contributed by atoms with Gasteiger partial charge < -0.3 is 19.5 Å². The van der Waals surface area contributed by atoms with Gasteiger partial charge in [0.15, 0.2) is 0 Å². The van der Waals surface area contributed by atoms with Crippen molar-refractivity contribution >= 4 is 11.6 Å². The summed E-state index contributed by atoms with van der Waals surface area (Å²) in [4.78, 5) is 12.6. The molecule has 1 N–H and O–H groups in total. The Hall–Kier alpha value is -2.37. The van der Waals surface area contributed by atoms with Crippen molar-refractivity contribution in [2.75, 3.05) is 25.6 Å². The first-order valence-electron chi connectivity index (χ1n) is 8.90. The summed E-state index contributed by atoms with van der Waals surface area (Å²) in [6.07, 6.45) is 2.22. The van der Waals surface area contributed by atoms with Crippen LogP contribution in [0.1, 0.15) is 34.3 Å². The van der Waals surface area contributed by atoms with E-state index >= 15 is 0 Å². The van der Waals surface area contributed by atoms with E-state index in [9.17, 15) is 4.79 Å². The molecule has 1 aliphatic heterocycles. The predicted octanol–water partition coefficient (Wildman–Crippen LogP) is 3.95. The molecule has 0 aliphatic carbocycles. The normalized spacial score (nSPS) is 16.5. The van der Waals surface area contributed by atoms with Crippen molar-refractivity contribution in [1.29, 1.82) is 0 Å². The molecule has 5 nitrogen and oxygen atoms in total. The quantitative estimate of drug-likeness (QED) is 0.817. The molecule has 0 aromatic heterocycles. The van der Waals surface area contributed by atoms with E-state index in [1.165, 1.54) is 0 Å². The Bertz CT molecular complexity index is 753. The zero-order chi connectivity index (χ0) is 18.4. The molecule has 138 valence electrons. The van der Waals surface area contributed by atoms with Crippen molar-refractivity contribution in [2.45, 2.75) is 32.5 Å². The molecular weight excluding hydrogens is 330 g/mol. The number of carbonyl (C=O) groups is 1. The lowest BCUT2D eigenvalue weighted by atomic mass is 10.1. The molecule has 1 saturated heterocycles. The number of ether oxygens (including phenoxy) is 3. The fourth-order valence-electron chi connectivity index (χ4n) is 2.97. The molecule has 1 heterocycles. The maximum Gasteiger partial charge on any atom is 0.255 e. The Morgan fingerprint density at radius 2 is 2.15 bits per heavy atom. The van der Waals surface area contributed by atoms with Gasteiger partial charge in [-0.15, -0.1) is 0 Å². The molecule has 1 amide bonds. The van der Waals surface area contributed by atoms with Crippen molar-refractivity contribution < 1.29 is 19.0 Å². The van der Waals surface area contributed by atoms with Crippen molar-refractivity contribution in [3.8, 4) is 5.75 Å². The Morgan fingerprint density at radius 3 is 2.92 bits per heavy atom. The highest BCUT2D eigenvalue weighted by molar-refractivity contribution is 6.05. The second-order valence-electron chi connectivity index (χ2n) is 6.53. The molecule has 1 atom stereocenters. The highest BCUT2D eigenvalue weighted by Gasteiger charge is 2.17. The largest absolute Gasteiger partial charge is 0.489 e. The van der Waals surface area contributed by atoms with E-state index in [1.54, 1.807) is 13.2 Å². The topological polar surface area (TPSA) is 56.8 Å². The summed E-state index contributed by atoms with van der Waals surface area (Å²) in [7, 11) is 1.64. The molecule has 0 radical (unpaired) electrons. The summed E-state index contributed by atoms with van der Waals surface area (Å²) in [6.45, 7) is 3.76. The molecule has 0 unspecified atom stereocenters. The molecule has 26 heavy (non-hydrogen) atoms. The van der Waals surface area contributed by atoms with Crippen molar-refractivity contribution in [1.82, 2.24) is 0 Å². The number of nitrogens with one attached hydrogen (secondary N) is 1. The van der Waals surface area contributed by atoms with Gasteiger partial charge >= 0.3 is 0 Å². The van der Waals surface area contributed by atoms with Gasteiger partial charge in [0.2, 0.25) is 0 Å². The molecule has 2 aromatic rings. The van der Waals surface area contributed by atoms with Crippen LogP contribution in [0.2, 0.25) is 0 Å². The van der Waals surface area contributed by atoms with Crippen LogP contribution in [0.3, 0.4) is 0 Å². The van der Waals surface area contributed by atoms with Gasteiger partial charge in [-0.1, -0.05) is 18.2 Å². The molecule has 5 heteroatoms. The fraction of sp³-hybridized carbons (Fsp3) is 0.381. The monoisotopic (exact) mass is 355 g/mol. The number of methoxy groups -OCH3 is 1. The van der Waals surface area contributed by atoms with Gasteiger partial charge in [0.25, 0.3) is 5.91 Å².